The monoisotopic (exact) mass is 282 g/mol. The molecular formula is C15H14N4O2. The lowest BCUT2D eigenvalue weighted by molar-refractivity contribution is -0.383. The normalized spacial score (nSPS) is 10.7. The summed E-state index contributed by atoms with van der Waals surface area (Å²) < 4.78 is 2.06. The molecule has 0 radical (unpaired) electrons. The van der Waals surface area contributed by atoms with Gasteiger partial charge in [0.25, 0.3) is 5.69 Å². The van der Waals surface area contributed by atoms with Crippen LogP contribution in [-0.2, 0) is 6.54 Å². The second kappa shape index (κ2) is 5.62. The van der Waals surface area contributed by atoms with Gasteiger partial charge in [-0.3, -0.25) is 15.1 Å². The van der Waals surface area contributed by atoms with E-state index in [4.69, 9.17) is 0 Å². The van der Waals surface area contributed by atoms with Crippen LogP contribution in [0.25, 0.3) is 10.9 Å². The van der Waals surface area contributed by atoms with Crippen molar-refractivity contribution in [2.75, 3.05) is 11.9 Å². The Balaban J connectivity index is 1.85. The van der Waals surface area contributed by atoms with Crippen LogP contribution in [0.5, 0.6) is 0 Å². The van der Waals surface area contributed by atoms with Crippen molar-refractivity contribution in [1.29, 1.82) is 0 Å². The number of nitro benzene ring substituents is 1. The molecule has 2 heterocycles. The Morgan fingerprint density at radius 2 is 2.00 bits per heavy atom. The number of hydrogen-bond donors (Lipinski definition) is 1. The van der Waals surface area contributed by atoms with Crippen LogP contribution in [0.2, 0.25) is 0 Å². The Labute approximate surface area is 121 Å². The Morgan fingerprint density at radius 1 is 1.19 bits per heavy atom. The summed E-state index contributed by atoms with van der Waals surface area (Å²) in [6.45, 7) is 1.54. The number of pyridine rings is 1. The van der Waals surface area contributed by atoms with E-state index in [0.717, 1.165) is 18.8 Å². The number of nitrogens with one attached hydrogen (secondary N) is 1. The number of nitrogens with zero attached hydrogens (tertiary/aromatic N) is 3. The second-order valence-corrected chi connectivity index (χ2v) is 4.64. The smallest absolute Gasteiger partial charge is 0.278 e. The molecule has 2 aromatic heterocycles. The first-order valence-electron chi connectivity index (χ1n) is 6.62. The molecule has 3 aromatic rings. The fraction of sp³-hybridized carbons (Fsp3) is 0.133. The maximum Gasteiger partial charge on any atom is 0.278 e. The molecule has 0 aliphatic heterocycles. The molecule has 0 saturated heterocycles. The number of nitro groups is 1. The minimum Gasteiger partial charge on any atom is -0.381 e. The highest BCUT2D eigenvalue weighted by Crippen LogP contribution is 2.29. The van der Waals surface area contributed by atoms with E-state index in [1.165, 1.54) is 6.07 Å². The first-order valence-corrected chi connectivity index (χ1v) is 6.62. The molecule has 1 N–H and O–H groups in total. The number of benzene rings is 1. The molecule has 0 atom stereocenters. The SMILES string of the molecule is O=[N+]([O-])c1ccc(NCCn2cccc2)c2ncccc12. The largest absolute Gasteiger partial charge is 0.381 e. The van der Waals surface area contributed by atoms with E-state index in [9.17, 15) is 10.1 Å². The quantitative estimate of drug-likeness (QED) is 0.576. The third-order valence-corrected chi connectivity index (χ3v) is 3.29. The number of hydrogen-bond acceptors (Lipinski definition) is 4. The van der Waals surface area contributed by atoms with Crippen LogP contribution in [0.4, 0.5) is 11.4 Å². The van der Waals surface area contributed by atoms with Gasteiger partial charge in [0, 0.05) is 37.7 Å². The van der Waals surface area contributed by atoms with Gasteiger partial charge < -0.3 is 9.88 Å². The summed E-state index contributed by atoms with van der Waals surface area (Å²) in [6, 6.07) is 10.6. The first kappa shape index (κ1) is 13.1. The Kier molecular flexibility index (Phi) is 3.51. The standard InChI is InChI=1S/C15H14N4O2/c20-19(21)14-6-5-13(15-12(14)4-3-7-17-15)16-8-11-18-9-1-2-10-18/h1-7,9-10,16H,8,11H2. The highest BCUT2D eigenvalue weighted by Gasteiger charge is 2.14. The van der Waals surface area contributed by atoms with E-state index in [-0.39, 0.29) is 10.6 Å². The summed E-state index contributed by atoms with van der Waals surface area (Å²) in [5.74, 6) is 0. The zero-order valence-electron chi connectivity index (χ0n) is 11.3. The number of rotatable bonds is 5. The van der Waals surface area contributed by atoms with Gasteiger partial charge in [-0.15, -0.1) is 0 Å². The molecule has 106 valence electrons. The van der Waals surface area contributed by atoms with Crippen LogP contribution < -0.4 is 5.32 Å². The van der Waals surface area contributed by atoms with Crippen molar-refractivity contribution in [2.45, 2.75) is 6.54 Å². The molecular weight excluding hydrogens is 268 g/mol. The summed E-state index contributed by atoms with van der Waals surface area (Å²) in [6.07, 6.45) is 5.63. The number of non-ortho nitro benzene ring substituents is 1. The van der Waals surface area contributed by atoms with Crippen molar-refractivity contribution in [3.63, 3.8) is 0 Å². The predicted octanol–water partition coefficient (Wildman–Crippen LogP) is 3.06. The van der Waals surface area contributed by atoms with Gasteiger partial charge in [-0.1, -0.05) is 0 Å². The number of anilines is 1. The third kappa shape index (κ3) is 2.69. The van der Waals surface area contributed by atoms with Gasteiger partial charge in [0.05, 0.1) is 16.0 Å². The minimum atomic E-state index is -0.381. The Morgan fingerprint density at radius 3 is 2.76 bits per heavy atom. The van der Waals surface area contributed by atoms with Gasteiger partial charge in [0.2, 0.25) is 0 Å². The summed E-state index contributed by atoms with van der Waals surface area (Å²) in [5.41, 5.74) is 1.51. The van der Waals surface area contributed by atoms with Crippen molar-refractivity contribution in [1.82, 2.24) is 9.55 Å². The van der Waals surface area contributed by atoms with Gasteiger partial charge in [-0.05, 0) is 30.3 Å². The van der Waals surface area contributed by atoms with Crippen molar-refractivity contribution in [2.24, 2.45) is 0 Å². The fourth-order valence-electron chi connectivity index (χ4n) is 2.30. The first-order chi connectivity index (χ1) is 10.3. The number of fused-ring (bicyclic) bond motifs is 1. The average molecular weight is 282 g/mol. The number of aromatic nitrogens is 2. The molecule has 0 aliphatic rings. The van der Waals surface area contributed by atoms with Gasteiger partial charge in [-0.2, -0.15) is 0 Å². The summed E-state index contributed by atoms with van der Waals surface area (Å²) in [7, 11) is 0. The van der Waals surface area contributed by atoms with E-state index in [1.807, 2.05) is 24.5 Å². The maximum absolute atomic E-state index is 11.0. The highest BCUT2D eigenvalue weighted by molar-refractivity contribution is 5.96. The topological polar surface area (TPSA) is 73.0 Å². The van der Waals surface area contributed by atoms with Crippen molar-refractivity contribution < 1.29 is 4.92 Å². The summed E-state index contributed by atoms with van der Waals surface area (Å²) in [5, 5.41) is 14.9. The third-order valence-electron chi connectivity index (χ3n) is 3.29. The van der Waals surface area contributed by atoms with E-state index in [0.29, 0.717) is 10.9 Å². The maximum atomic E-state index is 11.0. The van der Waals surface area contributed by atoms with Crippen LogP contribution in [0, 0.1) is 10.1 Å². The van der Waals surface area contributed by atoms with Crippen LogP contribution in [-0.4, -0.2) is 21.0 Å². The second-order valence-electron chi connectivity index (χ2n) is 4.64. The lowest BCUT2D eigenvalue weighted by Gasteiger charge is -2.10. The van der Waals surface area contributed by atoms with Crippen LogP contribution >= 0.6 is 0 Å². The highest BCUT2D eigenvalue weighted by atomic mass is 16.6. The van der Waals surface area contributed by atoms with E-state index < -0.39 is 0 Å². The molecule has 0 unspecified atom stereocenters. The zero-order chi connectivity index (χ0) is 14.7. The fourth-order valence-corrected chi connectivity index (χ4v) is 2.30. The molecule has 0 aliphatic carbocycles. The van der Waals surface area contributed by atoms with Gasteiger partial charge >= 0.3 is 0 Å². The van der Waals surface area contributed by atoms with Gasteiger partial charge in [0.1, 0.15) is 5.52 Å². The molecule has 21 heavy (non-hydrogen) atoms. The molecule has 3 rings (SSSR count). The lowest BCUT2D eigenvalue weighted by Crippen LogP contribution is -2.09. The molecule has 0 fully saturated rings. The molecule has 1 aromatic carbocycles. The molecule has 6 nitrogen and oxygen atoms in total. The van der Waals surface area contributed by atoms with Crippen LogP contribution in [0.1, 0.15) is 0 Å². The molecule has 0 saturated carbocycles. The molecule has 0 spiro atoms. The summed E-state index contributed by atoms with van der Waals surface area (Å²) >= 11 is 0. The van der Waals surface area contributed by atoms with Gasteiger partial charge in [0.15, 0.2) is 0 Å². The summed E-state index contributed by atoms with van der Waals surface area (Å²) in [4.78, 5) is 14.9. The average Bonchev–Trinajstić information content (AvgIpc) is 3.00. The molecule has 6 heteroatoms. The van der Waals surface area contributed by atoms with Gasteiger partial charge in [-0.25, -0.2) is 0 Å². The van der Waals surface area contributed by atoms with Crippen molar-refractivity contribution in [3.05, 3.63) is 65.1 Å². The minimum absolute atomic E-state index is 0.0778. The molecule has 0 amide bonds. The lowest BCUT2D eigenvalue weighted by atomic mass is 10.1. The Bertz CT molecular complexity index is 768. The van der Waals surface area contributed by atoms with E-state index in [1.54, 1.807) is 24.4 Å². The predicted molar refractivity (Wildman–Crippen MR) is 81.3 cm³/mol. The van der Waals surface area contributed by atoms with Crippen LogP contribution in [0.3, 0.4) is 0 Å². The van der Waals surface area contributed by atoms with Crippen LogP contribution in [0.15, 0.2) is 55.0 Å². The molecule has 0 bridgehead atoms. The zero-order valence-corrected chi connectivity index (χ0v) is 11.3. The van der Waals surface area contributed by atoms with E-state index in [2.05, 4.69) is 14.9 Å². The van der Waals surface area contributed by atoms with E-state index >= 15 is 0 Å². The van der Waals surface area contributed by atoms with Crippen molar-refractivity contribution in [3.8, 4) is 0 Å². The van der Waals surface area contributed by atoms with Crippen molar-refractivity contribution >= 4 is 22.3 Å². The Hall–Kier alpha value is -2.89.